The Bertz CT molecular complexity index is 101. The van der Waals surface area contributed by atoms with E-state index in [0.717, 1.165) is 18.7 Å². The molecule has 0 aromatic carbocycles. The molecule has 11 heavy (non-hydrogen) atoms. The first-order valence-corrected chi connectivity index (χ1v) is 8.14. The number of hydrogen-bond acceptors (Lipinski definition) is 1. The zero-order valence-corrected chi connectivity index (χ0v) is 9.74. The topological polar surface area (TPSA) is 9.23 Å². The van der Waals surface area contributed by atoms with Gasteiger partial charge in [0.15, 0.2) is 8.32 Å². The quantitative estimate of drug-likeness (QED) is 0.483. The summed E-state index contributed by atoms with van der Waals surface area (Å²) < 4.78 is 5.82. The van der Waals surface area contributed by atoms with E-state index in [1.165, 1.54) is 0 Å². The van der Waals surface area contributed by atoms with Crippen LogP contribution in [0.5, 0.6) is 0 Å². The zero-order chi connectivity index (χ0) is 8.91. The van der Waals surface area contributed by atoms with Crippen LogP contribution in [-0.2, 0) is 4.43 Å². The third-order valence-corrected chi connectivity index (χ3v) is 2.68. The summed E-state index contributed by atoms with van der Waals surface area (Å²) in [6.45, 7) is 8.77. The lowest BCUT2D eigenvalue weighted by atomic mass is 10.2. The average Bonchev–Trinajstić information content (AvgIpc) is 1.79. The van der Waals surface area contributed by atoms with Crippen LogP contribution >= 0.6 is 11.6 Å². The fraction of sp³-hybridized carbons (Fsp3) is 1.00. The second kappa shape index (κ2) is 5.17. The molecule has 0 aliphatic rings. The van der Waals surface area contributed by atoms with E-state index in [1.54, 1.807) is 0 Å². The lowest BCUT2D eigenvalue weighted by Crippen LogP contribution is -2.30. The maximum Gasteiger partial charge on any atom is 0.184 e. The molecule has 0 bridgehead atoms. The summed E-state index contributed by atoms with van der Waals surface area (Å²) in [6, 6.07) is 0. The van der Waals surface area contributed by atoms with Crippen molar-refractivity contribution in [2.75, 3.05) is 5.88 Å². The Hall–Kier alpha value is 0.467. The van der Waals surface area contributed by atoms with Gasteiger partial charge in [0.1, 0.15) is 0 Å². The molecule has 0 rings (SSSR count). The Kier molecular flexibility index (Phi) is 5.39. The van der Waals surface area contributed by atoms with Crippen molar-refractivity contribution < 1.29 is 4.43 Å². The summed E-state index contributed by atoms with van der Waals surface area (Å²) in [5.74, 6) is 0.749. The summed E-state index contributed by atoms with van der Waals surface area (Å²) in [4.78, 5) is 0. The molecule has 3 heteroatoms. The molecule has 0 aliphatic carbocycles. The molecule has 0 aromatic rings. The van der Waals surface area contributed by atoms with Crippen molar-refractivity contribution in [2.45, 2.75) is 45.5 Å². The van der Waals surface area contributed by atoms with Crippen molar-refractivity contribution in [1.29, 1.82) is 0 Å². The highest BCUT2D eigenvalue weighted by molar-refractivity contribution is 6.69. The first-order valence-electron chi connectivity index (χ1n) is 4.19. The van der Waals surface area contributed by atoms with Crippen molar-refractivity contribution in [2.24, 2.45) is 0 Å². The summed E-state index contributed by atoms with van der Waals surface area (Å²) in [5.41, 5.74) is 0. The van der Waals surface area contributed by atoms with Crippen LogP contribution in [0.25, 0.3) is 0 Å². The summed E-state index contributed by atoms with van der Waals surface area (Å²) in [7, 11) is -1.31. The van der Waals surface area contributed by atoms with E-state index in [9.17, 15) is 0 Å². The van der Waals surface area contributed by atoms with Gasteiger partial charge in [-0.3, -0.25) is 0 Å². The average molecular weight is 195 g/mol. The van der Waals surface area contributed by atoms with E-state index in [4.69, 9.17) is 16.0 Å². The van der Waals surface area contributed by atoms with Crippen LogP contribution in [0, 0.1) is 0 Å². The molecule has 0 amide bonds. The van der Waals surface area contributed by atoms with Crippen LogP contribution < -0.4 is 0 Å². The molecular weight excluding hydrogens is 176 g/mol. The van der Waals surface area contributed by atoms with E-state index in [1.807, 2.05) is 0 Å². The highest BCUT2D eigenvalue weighted by Crippen LogP contribution is 2.11. The summed E-state index contributed by atoms with van der Waals surface area (Å²) >= 11 is 5.57. The Morgan fingerprint density at radius 2 is 1.91 bits per heavy atom. The van der Waals surface area contributed by atoms with Gasteiger partial charge in [-0.15, -0.1) is 11.6 Å². The number of rotatable bonds is 5. The highest BCUT2D eigenvalue weighted by Gasteiger charge is 2.17. The Morgan fingerprint density at radius 3 is 2.27 bits per heavy atom. The van der Waals surface area contributed by atoms with Crippen LogP contribution in [0.1, 0.15) is 19.8 Å². The second-order valence-corrected chi connectivity index (χ2v) is 8.71. The number of halogens is 1. The predicted molar refractivity (Wildman–Crippen MR) is 53.8 cm³/mol. The molecular formula is C8H19ClOSi. The van der Waals surface area contributed by atoms with Crippen molar-refractivity contribution in [3.8, 4) is 0 Å². The van der Waals surface area contributed by atoms with E-state index >= 15 is 0 Å². The monoisotopic (exact) mass is 194 g/mol. The molecule has 1 unspecified atom stereocenters. The third-order valence-electron chi connectivity index (χ3n) is 1.30. The van der Waals surface area contributed by atoms with Gasteiger partial charge in [-0.25, -0.2) is 0 Å². The molecule has 0 N–H and O–H groups in total. The predicted octanol–water partition coefficient (Wildman–Crippen LogP) is 3.25. The molecule has 1 atom stereocenters. The maximum absolute atomic E-state index is 5.82. The van der Waals surface area contributed by atoms with Crippen LogP contribution in [0.15, 0.2) is 0 Å². The molecule has 0 spiro atoms. The number of alkyl halides is 1. The molecule has 0 fully saturated rings. The molecule has 0 radical (unpaired) electrons. The van der Waals surface area contributed by atoms with E-state index < -0.39 is 8.32 Å². The van der Waals surface area contributed by atoms with Gasteiger partial charge in [-0.2, -0.15) is 0 Å². The van der Waals surface area contributed by atoms with Crippen LogP contribution in [-0.4, -0.2) is 20.3 Å². The maximum atomic E-state index is 5.82. The molecule has 0 aromatic heterocycles. The van der Waals surface area contributed by atoms with Crippen LogP contribution in [0.3, 0.4) is 0 Å². The summed E-state index contributed by atoms with van der Waals surface area (Å²) in [6.07, 6.45) is 2.54. The standard InChI is InChI=1S/C8H19ClOSi/c1-8(6-5-7-9)10-11(2,3)4/h8H,5-7H2,1-4H3. The third kappa shape index (κ3) is 8.37. The zero-order valence-electron chi connectivity index (χ0n) is 7.98. The Labute approximate surface area is 76.2 Å². The van der Waals surface area contributed by atoms with Crippen molar-refractivity contribution in [1.82, 2.24) is 0 Å². The Balaban J connectivity index is 3.44. The minimum atomic E-state index is -1.31. The van der Waals surface area contributed by atoms with E-state index in [0.29, 0.717) is 6.10 Å². The fourth-order valence-electron chi connectivity index (χ4n) is 1.03. The smallest absolute Gasteiger partial charge is 0.184 e. The minimum absolute atomic E-state index is 0.389. The normalized spacial score (nSPS) is 15.0. The van der Waals surface area contributed by atoms with Crippen molar-refractivity contribution >= 4 is 19.9 Å². The minimum Gasteiger partial charge on any atom is -0.415 e. The molecule has 0 aliphatic heterocycles. The van der Waals surface area contributed by atoms with Gasteiger partial charge in [0.05, 0.1) is 0 Å². The lowest BCUT2D eigenvalue weighted by Gasteiger charge is -2.23. The first-order chi connectivity index (χ1) is 4.95. The van der Waals surface area contributed by atoms with E-state index in [-0.39, 0.29) is 0 Å². The Morgan fingerprint density at radius 1 is 1.36 bits per heavy atom. The highest BCUT2D eigenvalue weighted by atomic mass is 35.5. The SMILES string of the molecule is CC(CCCCl)O[Si](C)(C)C. The summed E-state index contributed by atoms with van der Waals surface area (Å²) in [5, 5.41) is 0. The molecule has 68 valence electrons. The van der Waals surface area contributed by atoms with Gasteiger partial charge >= 0.3 is 0 Å². The van der Waals surface area contributed by atoms with E-state index in [2.05, 4.69) is 26.6 Å². The van der Waals surface area contributed by atoms with Gasteiger partial charge in [0.2, 0.25) is 0 Å². The fourth-order valence-corrected chi connectivity index (χ4v) is 2.51. The number of hydrogen-bond donors (Lipinski definition) is 0. The lowest BCUT2D eigenvalue weighted by molar-refractivity contribution is 0.203. The first kappa shape index (κ1) is 11.5. The van der Waals surface area contributed by atoms with Crippen LogP contribution in [0.2, 0.25) is 19.6 Å². The molecule has 0 saturated carbocycles. The van der Waals surface area contributed by atoms with Gasteiger partial charge < -0.3 is 4.43 Å². The molecule has 0 saturated heterocycles. The molecule has 1 nitrogen and oxygen atoms in total. The van der Waals surface area contributed by atoms with Crippen LogP contribution in [0.4, 0.5) is 0 Å². The van der Waals surface area contributed by atoms with Gasteiger partial charge in [-0.05, 0) is 39.4 Å². The van der Waals surface area contributed by atoms with Gasteiger partial charge in [0.25, 0.3) is 0 Å². The second-order valence-electron chi connectivity index (χ2n) is 3.87. The van der Waals surface area contributed by atoms with Crippen molar-refractivity contribution in [3.63, 3.8) is 0 Å². The van der Waals surface area contributed by atoms with Gasteiger partial charge in [-0.1, -0.05) is 0 Å². The van der Waals surface area contributed by atoms with Crippen molar-refractivity contribution in [3.05, 3.63) is 0 Å². The largest absolute Gasteiger partial charge is 0.415 e. The molecule has 0 heterocycles. The van der Waals surface area contributed by atoms with Gasteiger partial charge in [0, 0.05) is 12.0 Å².